The Kier molecular flexibility index (Phi) is 7.93. The van der Waals surface area contributed by atoms with E-state index in [1.807, 2.05) is 0 Å². The Balaban J connectivity index is 1.75. The van der Waals surface area contributed by atoms with Gasteiger partial charge >= 0.3 is 0 Å². The molecule has 3 aromatic rings. The Morgan fingerprint density at radius 3 is 2.51 bits per heavy atom. The van der Waals surface area contributed by atoms with Gasteiger partial charge < -0.3 is 15.0 Å². The van der Waals surface area contributed by atoms with Gasteiger partial charge in [0.1, 0.15) is 23.4 Å². The minimum Gasteiger partial charge on any atom is -0.373 e. The van der Waals surface area contributed by atoms with Gasteiger partial charge in [0.2, 0.25) is 5.91 Å². The fourth-order valence-corrected chi connectivity index (χ4v) is 4.93. The minimum atomic E-state index is -0.895. The molecule has 4 rings (SSSR count). The van der Waals surface area contributed by atoms with Crippen molar-refractivity contribution in [3.05, 3.63) is 57.6 Å². The van der Waals surface area contributed by atoms with Crippen LogP contribution in [0.4, 0.5) is 10.2 Å². The summed E-state index contributed by atoms with van der Waals surface area (Å²) >= 11 is 0. The maximum Gasteiger partial charge on any atom is 0.298 e. The molecule has 208 valence electrons. The van der Waals surface area contributed by atoms with Crippen LogP contribution in [0.2, 0.25) is 0 Å². The lowest BCUT2D eigenvalue weighted by molar-refractivity contribution is -0.135. The molecule has 12 nitrogen and oxygen atoms in total. The molecule has 1 atom stereocenters. The number of aromatic nitrogens is 4. The van der Waals surface area contributed by atoms with Crippen molar-refractivity contribution >= 4 is 28.7 Å². The van der Waals surface area contributed by atoms with Gasteiger partial charge in [0.05, 0.1) is 24.1 Å². The van der Waals surface area contributed by atoms with Gasteiger partial charge in [-0.15, -0.1) is 0 Å². The van der Waals surface area contributed by atoms with Gasteiger partial charge in [0.15, 0.2) is 11.5 Å². The smallest absolute Gasteiger partial charge is 0.298 e. The zero-order valence-electron chi connectivity index (χ0n) is 22.8. The summed E-state index contributed by atoms with van der Waals surface area (Å²) in [4.78, 5) is 57.0. The van der Waals surface area contributed by atoms with Crippen molar-refractivity contribution in [1.82, 2.24) is 29.5 Å². The Morgan fingerprint density at radius 2 is 1.90 bits per heavy atom. The van der Waals surface area contributed by atoms with Crippen molar-refractivity contribution in [3.8, 4) is 0 Å². The van der Waals surface area contributed by atoms with Crippen molar-refractivity contribution in [2.75, 3.05) is 39.7 Å². The molecule has 13 heteroatoms. The van der Waals surface area contributed by atoms with Crippen LogP contribution in [0, 0.1) is 5.82 Å². The quantitative estimate of drug-likeness (QED) is 0.447. The van der Waals surface area contributed by atoms with E-state index in [0.29, 0.717) is 48.3 Å². The first-order valence-corrected chi connectivity index (χ1v) is 12.4. The molecule has 1 unspecified atom stereocenters. The third-order valence-electron chi connectivity index (χ3n) is 7.40. The number of nitrogens with zero attached hydrogens (tertiary/aromatic N) is 6. The summed E-state index contributed by atoms with van der Waals surface area (Å²) in [6, 6.07) is 2.55. The third-order valence-corrected chi connectivity index (χ3v) is 7.40. The molecule has 3 aromatic heterocycles. The highest BCUT2D eigenvalue weighted by Gasteiger charge is 2.40. The van der Waals surface area contributed by atoms with Crippen LogP contribution in [0.5, 0.6) is 0 Å². The number of methoxy groups -OCH3 is 1. The Bertz CT molecular complexity index is 1470. The SMILES string of the molecule is CON(C)C(=O)c1nccc(C(C)Nc2ncnc3c2cc(C2(OC)CCN(C(C)=O)CC2)c(=O)n3C)c1F. The molecule has 1 N–H and O–H groups in total. The summed E-state index contributed by atoms with van der Waals surface area (Å²) < 4.78 is 22.7. The molecule has 2 amide bonds. The topological polar surface area (TPSA) is 132 Å². The number of carbonyl (C=O) groups excluding carboxylic acids is 2. The molecule has 4 heterocycles. The number of piperidine rings is 1. The summed E-state index contributed by atoms with van der Waals surface area (Å²) in [6.07, 6.45) is 3.57. The van der Waals surface area contributed by atoms with E-state index in [-0.39, 0.29) is 22.7 Å². The average molecular weight is 542 g/mol. The van der Waals surface area contributed by atoms with Gasteiger partial charge in [0.25, 0.3) is 11.5 Å². The monoisotopic (exact) mass is 541 g/mol. The fraction of sp³-hybridized carbons (Fsp3) is 0.462. The summed E-state index contributed by atoms with van der Waals surface area (Å²) in [6.45, 7) is 4.15. The Labute approximate surface area is 224 Å². The van der Waals surface area contributed by atoms with Gasteiger partial charge in [-0.3, -0.25) is 23.8 Å². The molecule has 0 spiro atoms. The average Bonchev–Trinajstić information content (AvgIpc) is 2.94. The maximum atomic E-state index is 15.4. The number of hydrogen-bond acceptors (Lipinski definition) is 9. The highest BCUT2D eigenvalue weighted by atomic mass is 19.1. The lowest BCUT2D eigenvalue weighted by Crippen LogP contribution is -2.48. The van der Waals surface area contributed by atoms with E-state index in [9.17, 15) is 14.4 Å². The number of likely N-dealkylation sites (tertiary alicyclic amines) is 1. The number of aryl methyl sites for hydroxylation is 1. The largest absolute Gasteiger partial charge is 0.373 e. The van der Waals surface area contributed by atoms with Crippen LogP contribution in [0.1, 0.15) is 54.3 Å². The van der Waals surface area contributed by atoms with Crippen molar-refractivity contribution in [1.29, 1.82) is 0 Å². The molecule has 0 bridgehead atoms. The Morgan fingerprint density at radius 1 is 1.21 bits per heavy atom. The van der Waals surface area contributed by atoms with E-state index in [1.165, 1.54) is 44.2 Å². The second kappa shape index (κ2) is 11.0. The second-order valence-electron chi connectivity index (χ2n) is 9.50. The van der Waals surface area contributed by atoms with Crippen molar-refractivity contribution < 1.29 is 23.6 Å². The third kappa shape index (κ3) is 5.06. The minimum absolute atomic E-state index is 0.0259. The normalized spacial score (nSPS) is 15.7. The van der Waals surface area contributed by atoms with Crippen LogP contribution in [-0.4, -0.2) is 75.7 Å². The molecule has 0 saturated carbocycles. The van der Waals surface area contributed by atoms with Gasteiger partial charge in [-0.05, 0) is 31.9 Å². The summed E-state index contributed by atoms with van der Waals surface area (Å²) in [5.74, 6) is -1.16. The predicted molar refractivity (Wildman–Crippen MR) is 140 cm³/mol. The highest BCUT2D eigenvalue weighted by Crippen LogP contribution is 2.36. The van der Waals surface area contributed by atoms with E-state index in [2.05, 4.69) is 20.3 Å². The standard InChI is InChI=1S/C26H32FN7O5/c1-15(17-7-10-28-21(20(17)27)25(37)33(4)39-6)31-22-18-13-19(24(36)32(3)23(18)30-14-29-22)26(38-5)8-11-34(12-9-26)16(2)35/h7,10,13-15H,8-9,11-12H2,1-6H3,(H,29,30,31). The van der Waals surface area contributed by atoms with Gasteiger partial charge in [-0.25, -0.2) is 24.4 Å². The van der Waals surface area contributed by atoms with Gasteiger partial charge in [-0.2, -0.15) is 0 Å². The Hall–Kier alpha value is -3.97. The van der Waals surface area contributed by atoms with Crippen LogP contribution >= 0.6 is 0 Å². The van der Waals surface area contributed by atoms with E-state index in [0.717, 1.165) is 5.06 Å². The van der Waals surface area contributed by atoms with E-state index >= 15 is 4.39 Å². The van der Waals surface area contributed by atoms with Crippen LogP contribution < -0.4 is 10.9 Å². The maximum absolute atomic E-state index is 15.4. The molecule has 1 aliphatic heterocycles. The fourth-order valence-electron chi connectivity index (χ4n) is 4.93. The second-order valence-corrected chi connectivity index (χ2v) is 9.50. The molecular weight excluding hydrogens is 509 g/mol. The van der Waals surface area contributed by atoms with Gasteiger partial charge in [-0.1, -0.05) is 0 Å². The summed E-state index contributed by atoms with van der Waals surface area (Å²) in [5.41, 5.74) is -0.522. The van der Waals surface area contributed by atoms with Crippen molar-refractivity contribution in [2.45, 2.75) is 38.3 Å². The van der Waals surface area contributed by atoms with E-state index < -0.39 is 23.4 Å². The van der Waals surface area contributed by atoms with Gasteiger partial charge in [0, 0.05) is 53.0 Å². The van der Waals surface area contributed by atoms with E-state index in [4.69, 9.17) is 9.57 Å². The van der Waals surface area contributed by atoms with E-state index in [1.54, 1.807) is 32.0 Å². The first-order chi connectivity index (χ1) is 18.5. The molecule has 39 heavy (non-hydrogen) atoms. The number of fused-ring (bicyclic) bond motifs is 1. The van der Waals surface area contributed by atoms with Crippen LogP contribution in [0.3, 0.4) is 0 Å². The first kappa shape index (κ1) is 28.0. The van der Waals surface area contributed by atoms with Crippen LogP contribution in [-0.2, 0) is 27.0 Å². The number of carbonyl (C=O) groups is 2. The number of rotatable bonds is 7. The molecule has 1 fully saturated rings. The zero-order chi connectivity index (χ0) is 28.5. The number of halogens is 1. The van der Waals surface area contributed by atoms with Crippen molar-refractivity contribution in [2.24, 2.45) is 7.05 Å². The number of pyridine rings is 2. The predicted octanol–water partition coefficient (Wildman–Crippen LogP) is 2.15. The molecular formula is C26H32FN7O5. The number of amides is 2. The summed E-state index contributed by atoms with van der Waals surface area (Å²) in [7, 11) is 5.84. The molecule has 0 aliphatic carbocycles. The molecule has 0 aromatic carbocycles. The number of ether oxygens (including phenoxy) is 1. The lowest BCUT2D eigenvalue weighted by Gasteiger charge is -2.40. The number of hydrogen-bond donors (Lipinski definition) is 1. The van der Waals surface area contributed by atoms with Crippen LogP contribution in [0.25, 0.3) is 11.0 Å². The highest BCUT2D eigenvalue weighted by molar-refractivity contribution is 5.92. The lowest BCUT2D eigenvalue weighted by atomic mass is 9.84. The number of nitrogens with one attached hydrogen (secondary N) is 1. The molecule has 1 saturated heterocycles. The van der Waals surface area contributed by atoms with Crippen LogP contribution in [0.15, 0.2) is 29.5 Å². The number of hydroxylamine groups is 2. The molecule has 0 radical (unpaired) electrons. The zero-order valence-corrected chi connectivity index (χ0v) is 22.8. The van der Waals surface area contributed by atoms with Crippen molar-refractivity contribution in [3.63, 3.8) is 0 Å². The number of anilines is 1. The summed E-state index contributed by atoms with van der Waals surface area (Å²) in [5, 5.41) is 4.62. The first-order valence-electron chi connectivity index (χ1n) is 12.4. The molecule has 1 aliphatic rings.